The van der Waals surface area contributed by atoms with Gasteiger partial charge in [-0.15, -0.1) is 12.4 Å². The summed E-state index contributed by atoms with van der Waals surface area (Å²) in [6.45, 7) is 5.93. The highest BCUT2D eigenvalue weighted by Gasteiger charge is 2.15. The first-order valence-electron chi connectivity index (χ1n) is 6.30. The monoisotopic (exact) mass is 282 g/mol. The minimum Gasteiger partial charge on any atom is -0.391 e. The van der Waals surface area contributed by atoms with Crippen molar-refractivity contribution < 1.29 is 14.6 Å². The zero-order chi connectivity index (χ0) is 13.1. The van der Waals surface area contributed by atoms with Crippen molar-refractivity contribution in [1.82, 2.24) is 10.6 Å². The van der Waals surface area contributed by atoms with Gasteiger partial charge in [-0.25, -0.2) is 0 Å². The molecule has 1 unspecified atom stereocenters. The molecule has 0 fully saturated rings. The second kappa shape index (κ2) is 13.1. The highest BCUT2D eigenvalue weighted by atomic mass is 35.5. The van der Waals surface area contributed by atoms with Crippen LogP contribution < -0.4 is 10.6 Å². The molecule has 0 aromatic heterocycles. The maximum absolute atomic E-state index is 11.4. The Morgan fingerprint density at radius 1 is 1.33 bits per heavy atom. The van der Waals surface area contributed by atoms with Gasteiger partial charge in [-0.1, -0.05) is 26.7 Å². The summed E-state index contributed by atoms with van der Waals surface area (Å²) in [4.78, 5) is 11.4. The van der Waals surface area contributed by atoms with E-state index < -0.39 is 6.10 Å². The predicted molar refractivity (Wildman–Crippen MR) is 75.1 cm³/mol. The van der Waals surface area contributed by atoms with Crippen LogP contribution in [0.15, 0.2) is 0 Å². The Morgan fingerprint density at radius 3 is 2.44 bits per heavy atom. The Hall–Kier alpha value is -0.360. The number of aliphatic hydroxyl groups excluding tert-OH is 1. The molecule has 0 aliphatic heterocycles. The first kappa shape index (κ1) is 20.0. The van der Waals surface area contributed by atoms with Crippen LogP contribution in [0.25, 0.3) is 0 Å². The van der Waals surface area contributed by atoms with E-state index in [9.17, 15) is 9.90 Å². The van der Waals surface area contributed by atoms with Gasteiger partial charge in [-0.05, 0) is 5.92 Å². The number of amides is 1. The molecule has 0 radical (unpaired) electrons. The number of rotatable bonds is 10. The summed E-state index contributed by atoms with van der Waals surface area (Å²) in [6.07, 6.45) is 1.41. The fourth-order valence-electron chi connectivity index (χ4n) is 1.66. The van der Waals surface area contributed by atoms with Crippen LogP contribution in [0.4, 0.5) is 0 Å². The van der Waals surface area contributed by atoms with Crippen molar-refractivity contribution in [3.8, 4) is 0 Å². The molecule has 6 heteroatoms. The van der Waals surface area contributed by atoms with Crippen molar-refractivity contribution >= 4 is 18.3 Å². The molecule has 0 aliphatic rings. The molecule has 0 aliphatic carbocycles. The summed E-state index contributed by atoms with van der Waals surface area (Å²) >= 11 is 0. The lowest BCUT2D eigenvalue weighted by Crippen LogP contribution is -2.40. The largest absolute Gasteiger partial charge is 0.391 e. The van der Waals surface area contributed by atoms with Crippen LogP contribution in [-0.4, -0.2) is 50.5 Å². The van der Waals surface area contributed by atoms with Crippen LogP contribution >= 0.6 is 12.4 Å². The van der Waals surface area contributed by atoms with Crippen molar-refractivity contribution in [2.24, 2.45) is 5.92 Å². The number of hydrogen-bond acceptors (Lipinski definition) is 4. The molecule has 0 saturated heterocycles. The standard InChI is InChI=1S/C12H26N2O3.ClH/c1-4-10(5-2)11(15)8-14-12(16)9-13-6-7-17-3;/h10-11,13,15H,4-9H2,1-3H3,(H,14,16);1H. The second-order valence-electron chi connectivity index (χ2n) is 4.12. The van der Waals surface area contributed by atoms with Gasteiger partial charge in [-0.2, -0.15) is 0 Å². The maximum atomic E-state index is 11.4. The van der Waals surface area contributed by atoms with E-state index in [1.165, 1.54) is 0 Å². The molecule has 3 N–H and O–H groups in total. The Kier molecular flexibility index (Phi) is 14.5. The predicted octanol–water partition coefficient (Wildman–Crippen LogP) is 0.557. The average molecular weight is 283 g/mol. The third kappa shape index (κ3) is 9.65. The van der Waals surface area contributed by atoms with Crippen LogP contribution in [-0.2, 0) is 9.53 Å². The number of ether oxygens (including phenoxy) is 1. The molecule has 0 saturated carbocycles. The lowest BCUT2D eigenvalue weighted by Gasteiger charge is -2.20. The summed E-state index contributed by atoms with van der Waals surface area (Å²) in [5, 5.41) is 15.5. The SMILES string of the molecule is CCC(CC)C(O)CNC(=O)CNCCOC.Cl. The van der Waals surface area contributed by atoms with E-state index in [4.69, 9.17) is 4.74 Å². The molecule has 110 valence electrons. The van der Waals surface area contributed by atoms with E-state index in [2.05, 4.69) is 10.6 Å². The molecule has 18 heavy (non-hydrogen) atoms. The van der Waals surface area contributed by atoms with Crippen LogP contribution in [0.1, 0.15) is 26.7 Å². The number of methoxy groups -OCH3 is 1. The van der Waals surface area contributed by atoms with Crippen molar-refractivity contribution in [1.29, 1.82) is 0 Å². The number of carbonyl (C=O) groups excluding carboxylic acids is 1. The molecule has 0 bridgehead atoms. The van der Waals surface area contributed by atoms with Crippen LogP contribution in [0, 0.1) is 5.92 Å². The molecule has 1 atom stereocenters. The quantitative estimate of drug-likeness (QED) is 0.512. The van der Waals surface area contributed by atoms with Crippen molar-refractivity contribution in [3.63, 3.8) is 0 Å². The van der Waals surface area contributed by atoms with Crippen molar-refractivity contribution in [2.45, 2.75) is 32.8 Å². The first-order chi connectivity index (χ1) is 8.15. The zero-order valence-corrected chi connectivity index (χ0v) is 12.4. The lowest BCUT2D eigenvalue weighted by molar-refractivity contribution is -0.120. The number of hydrogen-bond donors (Lipinski definition) is 3. The first-order valence-corrected chi connectivity index (χ1v) is 6.30. The Labute approximate surface area is 116 Å². The zero-order valence-electron chi connectivity index (χ0n) is 11.6. The number of aliphatic hydroxyl groups is 1. The number of nitrogens with one attached hydrogen (secondary N) is 2. The van der Waals surface area contributed by atoms with E-state index in [0.717, 1.165) is 12.8 Å². The molecular weight excluding hydrogens is 256 g/mol. The maximum Gasteiger partial charge on any atom is 0.234 e. The fraction of sp³-hybridized carbons (Fsp3) is 0.917. The summed E-state index contributed by atoms with van der Waals surface area (Å²) in [6, 6.07) is 0. The second-order valence-corrected chi connectivity index (χ2v) is 4.12. The molecule has 0 aromatic carbocycles. The van der Waals surface area contributed by atoms with Gasteiger partial charge in [-0.3, -0.25) is 4.79 Å². The molecule has 0 spiro atoms. The summed E-state index contributed by atoms with van der Waals surface area (Å²) in [5.41, 5.74) is 0. The van der Waals surface area contributed by atoms with Gasteiger partial charge in [0.25, 0.3) is 0 Å². The Morgan fingerprint density at radius 2 is 1.94 bits per heavy atom. The Balaban J connectivity index is 0. The average Bonchev–Trinajstić information content (AvgIpc) is 2.33. The molecule has 0 rings (SSSR count). The minimum atomic E-state index is -0.451. The summed E-state index contributed by atoms with van der Waals surface area (Å²) < 4.78 is 4.85. The summed E-state index contributed by atoms with van der Waals surface area (Å²) in [7, 11) is 1.62. The summed E-state index contributed by atoms with van der Waals surface area (Å²) in [5.74, 6) is 0.169. The fourth-order valence-corrected chi connectivity index (χ4v) is 1.66. The van der Waals surface area contributed by atoms with Gasteiger partial charge in [0.2, 0.25) is 5.91 Å². The molecular formula is C12H27ClN2O3. The smallest absolute Gasteiger partial charge is 0.234 e. The Bertz CT molecular complexity index is 202. The van der Waals surface area contributed by atoms with E-state index in [-0.39, 0.29) is 30.8 Å². The molecule has 0 aromatic rings. The van der Waals surface area contributed by atoms with Gasteiger partial charge >= 0.3 is 0 Å². The van der Waals surface area contributed by atoms with Gasteiger partial charge in [0.1, 0.15) is 0 Å². The molecule has 1 amide bonds. The highest BCUT2D eigenvalue weighted by Crippen LogP contribution is 2.11. The topological polar surface area (TPSA) is 70.6 Å². The third-order valence-electron chi connectivity index (χ3n) is 2.87. The van der Waals surface area contributed by atoms with E-state index >= 15 is 0 Å². The van der Waals surface area contributed by atoms with Crippen LogP contribution in [0.2, 0.25) is 0 Å². The highest BCUT2D eigenvalue weighted by molar-refractivity contribution is 5.85. The third-order valence-corrected chi connectivity index (χ3v) is 2.87. The van der Waals surface area contributed by atoms with Crippen LogP contribution in [0.3, 0.4) is 0 Å². The van der Waals surface area contributed by atoms with Crippen molar-refractivity contribution in [3.05, 3.63) is 0 Å². The van der Waals surface area contributed by atoms with E-state index in [1.807, 2.05) is 13.8 Å². The molecule has 0 heterocycles. The van der Waals surface area contributed by atoms with Crippen LogP contribution in [0.5, 0.6) is 0 Å². The normalized spacial score (nSPS) is 12.1. The van der Waals surface area contributed by atoms with Gasteiger partial charge in [0.15, 0.2) is 0 Å². The van der Waals surface area contributed by atoms with Gasteiger partial charge < -0.3 is 20.5 Å². The van der Waals surface area contributed by atoms with E-state index in [1.54, 1.807) is 7.11 Å². The van der Waals surface area contributed by atoms with Gasteiger partial charge in [0, 0.05) is 20.2 Å². The number of carbonyl (C=O) groups is 1. The molecule has 5 nitrogen and oxygen atoms in total. The van der Waals surface area contributed by atoms with Crippen molar-refractivity contribution in [2.75, 3.05) is 33.4 Å². The minimum absolute atomic E-state index is 0. The number of halogens is 1. The van der Waals surface area contributed by atoms with Gasteiger partial charge in [0.05, 0.1) is 19.3 Å². The van der Waals surface area contributed by atoms with E-state index in [0.29, 0.717) is 19.7 Å². The lowest BCUT2D eigenvalue weighted by atomic mass is 9.96.